The quantitative estimate of drug-likeness (QED) is 0.108. The summed E-state index contributed by atoms with van der Waals surface area (Å²) in [4.78, 5) is 44.3. The van der Waals surface area contributed by atoms with Crippen LogP contribution in [0.15, 0.2) is 10.6 Å². The van der Waals surface area contributed by atoms with Gasteiger partial charge in [0.2, 0.25) is 0 Å². The van der Waals surface area contributed by atoms with E-state index in [1.165, 1.54) is 0 Å². The van der Waals surface area contributed by atoms with Crippen LogP contribution in [0.2, 0.25) is 0 Å². The molecule has 4 amide bonds. The van der Waals surface area contributed by atoms with E-state index in [0.29, 0.717) is 5.01 Å². The van der Waals surface area contributed by atoms with Crippen LogP contribution in [0.5, 0.6) is 0 Å². The minimum Gasteiger partial charge on any atom is -0.388 e. The standard InChI is InChI=1S/C12H22Cl2N6O8/c13-1-3-15-11(25)20(18-28)6-8(22)10(24)9(23)7(21)5-16-12(26)19(17-27)4-2-14/h7-10,21-24H,1-6H2,(H,15,25)(H,16,26)/t7-,8-,9-,10-/m1/s1. The van der Waals surface area contributed by atoms with Gasteiger partial charge in [0.1, 0.15) is 18.3 Å². The minimum absolute atomic E-state index is 0.0163. The summed E-state index contributed by atoms with van der Waals surface area (Å²) in [5, 5.41) is 49.1. The van der Waals surface area contributed by atoms with Gasteiger partial charge in [0.05, 0.1) is 29.8 Å². The van der Waals surface area contributed by atoms with E-state index in [1.807, 2.05) is 0 Å². The van der Waals surface area contributed by atoms with Gasteiger partial charge < -0.3 is 31.1 Å². The molecule has 0 aliphatic carbocycles. The van der Waals surface area contributed by atoms with Crippen LogP contribution in [0.1, 0.15) is 0 Å². The van der Waals surface area contributed by atoms with Crippen molar-refractivity contribution >= 4 is 35.3 Å². The SMILES string of the molecule is O=NN(CCCl)C(=O)NC[C@@H](O)[C@@H](O)[C@H](O)[C@H](O)CN(N=O)C(=O)NCCCl. The number of nitrogens with zero attached hydrogens (tertiary/aromatic N) is 4. The summed E-state index contributed by atoms with van der Waals surface area (Å²) >= 11 is 10.7. The number of hydrogen-bond acceptors (Lipinski definition) is 10. The topological polar surface area (TPSA) is 204 Å². The molecule has 28 heavy (non-hydrogen) atoms. The molecule has 0 spiro atoms. The number of aliphatic hydroxyl groups excluding tert-OH is 4. The monoisotopic (exact) mass is 448 g/mol. The Balaban J connectivity index is 4.65. The number of halogens is 2. The molecule has 0 fully saturated rings. The predicted octanol–water partition coefficient (Wildman–Crippen LogP) is -1.71. The van der Waals surface area contributed by atoms with Crippen molar-refractivity contribution in [2.24, 2.45) is 10.6 Å². The molecular formula is C12H22Cl2N6O8. The molecule has 0 rings (SSSR count). The molecule has 0 aromatic carbocycles. The maximum atomic E-state index is 11.6. The normalized spacial score (nSPS) is 14.9. The van der Waals surface area contributed by atoms with Gasteiger partial charge in [0.15, 0.2) is 0 Å². The van der Waals surface area contributed by atoms with Gasteiger partial charge in [0.25, 0.3) is 0 Å². The number of amides is 4. The van der Waals surface area contributed by atoms with Crippen LogP contribution in [0.3, 0.4) is 0 Å². The Labute approximate surface area is 169 Å². The van der Waals surface area contributed by atoms with Gasteiger partial charge in [0, 0.05) is 24.8 Å². The molecular weight excluding hydrogens is 427 g/mol. The number of carbonyl (C=O) groups excluding carboxylic acids is 2. The van der Waals surface area contributed by atoms with Crippen LogP contribution in [-0.4, -0.2) is 105 Å². The van der Waals surface area contributed by atoms with Gasteiger partial charge >= 0.3 is 12.1 Å². The summed E-state index contributed by atoms with van der Waals surface area (Å²) in [5.41, 5.74) is 0. The van der Waals surface area contributed by atoms with Crippen molar-refractivity contribution in [3.05, 3.63) is 9.81 Å². The van der Waals surface area contributed by atoms with E-state index in [-0.39, 0.29) is 29.9 Å². The second-order valence-corrected chi connectivity index (χ2v) is 6.04. The molecule has 0 aromatic rings. The van der Waals surface area contributed by atoms with E-state index >= 15 is 0 Å². The molecule has 162 valence electrons. The summed E-state index contributed by atoms with van der Waals surface area (Å²) in [6.07, 6.45) is -7.65. The first-order chi connectivity index (χ1) is 13.2. The van der Waals surface area contributed by atoms with E-state index in [1.54, 1.807) is 0 Å². The summed E-state index contributed by atoms with van der Waals surface area (Å²) in [6, 6.07) is -2.01. The van der Waals surface area contributed by atoms with Crippen LogP contribution in [-0.2, 0) is 0 Å². The van der Waals surface area contributed by atoms with E-state index in [2.05, 4.69) is 21.2 Å². The molecule has 4 atom stereocenters. The Morgan fingerprint density at radius 2 is 1.39 bits per heavy atom. The molecule has 0 bridgehead atoms. The zero-order valence-electron chi connectivity index (χ0n) is 14.5. The van der Waals surface area contributed by atoms with Crippen LogP contribution >= 0.6 is 23.2 Å². The molecule has 16 heteroatoms. The molecule has 0 unspecified atom stereocenters. The predicted molar refractivity (Wildman–Crippen MR) is 97.3 cm³/mol. The molecule has 0 aliphatic heterocycles. The van der Waals surface area contributed by atoms with Gasteiger partial charge in [-0.3, -0.25) is 0 Å². The summed E-state index contributed by atoms with van der Waals surface area (Å²) in [6.45, 7) is -1.60. The molecule has 0 aromatic heterocycles. The third-order valence-electron chi connectivity index (χ3n) is 3.29. The zero-order valence-corrected chi connectivity index (χ0v) is 16.0. The Morgan fingerprint density at radius 1 is 0.857 bits per heavy atom. The van der Waals surface area contributed by atoms with E-state index < -0.39 is 49.6 Å². The highest BCUT2D eigenvalue weighted by atomic mass is 35.5. The van der Waals surface area contributed by atoms with Crippen LogP contribution in [0.4, 0.5) is 9.59 Å². The first-order valence-corrected chi connectivity index (χ1v) is 8.91. The molecule has 0 saturated carbocycles. The van der Waals surface area contributed by atoms with E-state index in [9.17, 15) is 39.8 Å². The fraction of sp³-hybridized carbons (Fsp3) is 0.833. The van der Waals surface area contributed by atoms with Crippen molar-refractivity contribution in [2.45, 2.75) is 24.4 Å². The number of carbonyl (C=O) groups is 2. The highest BCUT2D eigenvalue weighted by Gasteiger charge is 2.33. The summed E-state index contributed by atoms with van der Waals surface area (Å²) in [7, 11) is 0. The largest absolute Gasteiger partial charge is 0.388 e. The highest BCUT2D eigenvalue weighted by Crippen LogP contribution is 2.08. The number of nitroso groups, excluding NO2 is 2. The maximum absolute atomic E-state index is 11.6. The Kier molecular flexibility index (Phi) is 13.3. The highest BCUT2D eigenvalue weighted by molar-refractivity contribution is 6.18. The lowest BCUT2D eigenvalue weighted by Crippen LogP contribution is -2.53. The smallest absolute Gasteiger partial charge is 0.340 e. The lowest BCUT2D eigenvalue weighted by molar-refractivity contribution is -0.107. The van der Waals surface area contributed by atoms with Crippen molar-refractivity contribution in [2.75, 3.05) is 37.9 Å². The van der Waals surface area contributed by atoms with Crippen molar-refractivity contribution in [1.29, 1.82) is 0 Å². The van der Waals surface area contributed by atoms with Crippen LogP contribution < -0.4 is 10.6 Å². The minimum atomic E-state index is -2.01. The summed E-state index contributed by atoms with van der Waals surface area (Å²) < 4.78 is 0. The van der Waals surface area contributed by atoms with Crippen molar-refractivity contribution in [3.63, 3.8) is 0 Å². The first-order valence-electron chi connectivity index (χ1n) is 7.84. The molecule has 0 heterocycles. The average molecular weight is 449 g/mol. The zero-order chi connectivity index (χ0) is 21.7. The van der Waals surface area contributed by atoms with Crippen molar-refractivity contribution in [1.82, 2.24) is 20.7 Å². The molecule has 0 saturated heterocycles. The maximum Gasteiger partial charge on any atom is 0.340 e. The van der Waals surface area contributed by atoms with Gasteiger partial charge in [-0.15, -0.1) is 33.0 Å². The number of hydrogen-bond donors (Lipinski definition) is 6. The Morgan fingerprint density at radius 3 is 1.89 bits per heavy atom. The Bertz CT molecular complexity index is 519. The third-order valence-corrected chi connectivity index (χ3v) is 3.65. The molecule has 0 radical (unpaired) electrons. The fourth-order valence-corrected chi connectivity index (χ4v) is 2.06. The Hall–Kier alpha value is -1.84. The second kappa shape index (κ2) is 14.2. The van der Waals surface area contributed by atoms with E-state index in [0.717, 1.165) is 0 Å². The molecule has 6 N–H and O–H groups in total. The lowest BCUT2D eigenvalue weighted by atomic mass is 10.0. The van der Waals surface area contributed by atoms with Crippen molar-refractivity contribution in [3.8, 4) is 0 Å². The third kappa shape index (κ3) is 8.90. The van der Waals surface area contributed by atoms with E-state index in [4.69, 9.17) is 23.2 Å². The average Bonchev–Trinajstić information content (AvgIpc) is 2.70. The van der Waals surface area contributed by atoms with Crippen LogP contribution in [0.25, 0.3) is 0 Å². The number of nitrogens with one attached hydrogen (secondary N) is 2. The van der Waals surface area contributed by atoms with Gasteiger partial charge in [-0.05, 0) is 0 Å². The number of aliphatic hydroxyl groups is 4. The van der Waals surface area contributed by atoms with Crippen molar-refractivity contribution < 1.29 is 30.0 Å². The number of rotatable bonds is 13. The first kappa shape index (κ1) is 26.2. The number of alkyl halides is 2. The second-order valence-electron chi connectivity index (χ2n) is 5.28. The molecule has 14 nitrogen and oxygen atoms in total. The summed E-state index contributed by atoms with van der Waals surface area (Å²) in [5.74, 6) is -0.0167. The van der Waals surface area contributed by atoms with Gasteiger partial charge in [-0.2, -0.15) is 10.0 Å². The lowest BCUT2D eigenvalue weighted by Gasteiger charge is -2.28. The van der Waals surface area contributed by atoms with Gasteiger partial charge in [-0.1, -0.05) is 0 Å². The van der Waals surface area contributed by atoms with Gasteiger partial charge in [-0.25, -0.2) is 9.59 Å². The fourth-order valence-electron chi connectivity index (χ4n) is 1.80. The molecule has 0 aliphatic rings. The number of urea groups is 2. The van der Waals surface area contributed by atoms with Crippen LogP contribution in [0, 0.1) is 9.81 Å².